The monoisotopic (exact) mass is 583 g/mol. The summed E-state index contributed by atoms with van der Waals surface area (Å²) < 4.78 is 14.1. The highest BCUT2D eigenvalue weighted by Crippen LogP contribution is 2.44. The number of fused-ring (bicyclic) bond motifs is 1. The third-order valence-corrected chi connectivity index (χ3v) is 18.5. The normalized spacial score (nSPS) is 19.7. The number of benzene rings is 2. The van der Waals surface area contributed by atoms with E-state index in [0.717, 1.165) is 17.5 Å². The van der Waals surface area contributed by atoms with E-state index in [0.29, 0.717) is 19.3 Å². The average Bonchev–Trinajstić information content (AvgIpc) is 3.17. The number of carbonyl (C=O) groups is 1. The van der Waals surface area contributed by atoms with E-state index in [1.807, 2.05) is 24.3 Å². The van der Waals surface area contributed by atoms with Crippen molar-refractivity contribution in [2.24, 2.45) is 0 Å². The van der Waals surface area contributed by atoms with Crippen molar-refractivity contribution >= 4 is 22.5 Å². The van der Waals surface area contributed by atoms with Crippen molar-refractivity contribution in [3.8, 4) is 0 Å². The first kappa shape index (κ1) is 32.7. The molecule has 0 radical (unpaired) electrons. The Morgan fingerprint density at radius 3 is 2.05 bits per heavy atom. The van der Waals surface area contributed by atoms with Crippen molar-refractivity contribution in [1.29, 1.82) is 0 Å². The summed E-state index contributed by atoms with van der Waals surface area (Å²) in [4.78, 5) is 14.7. The second-order valence-electron chi connectivity index (χ2n) is 14.6. The summed E-state index contributed by atoms with van der Waals surface area (Å²) in [6, 6.07) is 18.2. The van der Waals surface area contributed by atoms with Crippen LogP contribution in [0.25, 0.3) is 0 Å². The van der Waals surface area contributed by atoms with Crippen LogP contribution >= 0.6 is 0 Å². The lowest BCUT2D eigenvalue weighted by atomic mass is 9.88. The van der Waals surface area contributed by atoms with Gasteiger partial charge in [0.05, 0.1) is 12.1 Å². The van der Waals surface area contributed by atoms with Crippen LogP contribution in [-0.4, -0.2) is 46.0 Å². The molecular weight excluding hydrogens is 531 g/mol. The number of aliphatic hydroxyl groups is 1. The second kappa shape index (κ2) is 12.2. The minimum absolute atomic E-state index is 0.00799. The van der Waals surface area contributed by atoms with Crippen LogP contribution in [0.1, 0.15) is 77.1 Å². The Bertz CT molecular complexity index is 1140. The molecule has 0 saturated heterocycles. The summed E-state index contributed by atoms with van der Waals surface area (Å²) in [5, 5.41) is 13.4. The Morgan fingerprint density at radius 2 is 1.48 bits per heavy atom. The lowest BCUT2D eigenvalue weighted by molar-refractivity contribution is -0.140. The highest BCUT2D eigenvalue weighted by atomic mass is 28.4. The summed E-state index contributed by atoms with van der Waals surface area (Å²) >= 11 is 0. The first-order valence-electron chi connectivity index (χ1n) is 14.8. The summed E-state index contributed by atoms with van der Waals surface area (Å²) in [6.07, 6.45) is 2.02. The molecule has 40 heavy (non-hydrogen) atoms. The summed E-state index contributed by atoms with van der Waals surface area (Å²) in [5.41, 5.74) is 2.30. The van der Waals surface area contributed by atoms with Crippen LogP contribution in [0.5, 0.6) is 0 Å². The fourth-order valence-electron chi connectivity index (χ4n) is 5.01. The maximum absolute atomic E-state index is 14.7. The van der Waals surface area contributed by atoms with Gasteiger partial charge in [0.2, 0.25) is 0 Å². The van der Waals surface area contributed by atoms with Gasteiger partial charge in [0, 0.05) is 19.4 Å². The standard InChI is InChI=1S/C33H53NO4Si2/c1-31(2,3)39(7,8)37-28-23-26-19-14-15-20-27(26)29(28)34-30(36)33(21-16-22-35,24-25-17-12-11-13-18-25)38-40(9,10)32(4,5)6/h11-15,17-20,28-29,35H,16,21-24H2,1-10H3,(H,34,36)/t28-,29-,33+/m0/s1. The quantitative estimate of drug-likeness (QED) is 0.268. The van der Waals surface area contributed by atoms with Gasteiger partial charge < -0.3 is 19.3 Å². The van der Waals surface area contributed by atoms with E-state index in [4.69, 9.17) is 8.85 Å². The molecule has 1 aliphatic carbocycles. The van der Waals surface area contributed by atoms with Crippen LogP contribution < -0.4 is 5.32 Å². The molecule has 3 rings (SSSR count). The number of hydrogen-bond acceptors (Lipinski definition) is 4. The second-order valence-corrected chi connectivity index (χ2v) is 24.1. The fourth-order valence-corrected chi connectivity index (χ4v) is 7.89. The molecule has 0 saturated carbocycles. The van der Waals surface area contributed by atoms with Gasteiger partial charge in [0.1, 0.15) is 5.60 Å². The highest BCUT2D eigenvalue weighted by molar-refractivity contribution is 6.74. The summed E-state index contributed by atoms with van der Waals surface area (Å²) in [6.45, 7) is 22.3. The van der Waals surface area contributed by atoms with Crippen LogP contribution in [0.4, 0.5) is 0 Å². The van der Waals surface area contributed by atoms with E-state index in [2.05, 4.69) is 103 Å². The van der Waals surface area contributed by atoms with Gasteiger partial charge in [-0.2, -0.15) is 0 Å². The van der Waals surface area contributed by atoms with Crippen molar-refractivity contribution in [3.05, 3.63) is 71.3 Å². The first-order valence-corrected chi connectivity index (χ1v) is 20.7. The van der Waals surface area contributed by atoms with Gasteiger partial charge in [-0.1, -0.05) is 96.1 Å². The van der Waals surface area contributed by atoms with E-state index in [-0.39, 0.29) is 34.7 Å². The molecule has 0 aliphatic heterocycles. The largest absolute Gasteiger partial charge is 0.411 e. The molecule has 1 aliphatic rings. The molecule has 2 aromatic carbocycles. The zero-order valence-corrected chi connectivity index (χ0v) is 28.6. The van der Waals surface area contributed by atoms with Gasteiger partial charge in [-0.05, 0) is 65.8 Å². The molecule has 2 N–H and O–H groups in total. The van der Waals surface area contributed by atoms with E-state index in [1.54, 1.807) is 0 Å². The molecule has 222 valence electrons. The molecule has 0 fully saturated rings. The molecule has 2 aromatic rings. The van der Waals surface area contributed by atoms with Gasteiger partial charge in [-0.15, -0.1) is 0 Å². The molecule has 0 spiro atoms. The highest BCUT2D eigenvalue weighted by Gasteiger charge is 2.50. The zero-order valence-electron chi connectivity index (χ0n) is 26.6. The third-order valence-electron chi connectivity index (χ3n) is 9.46. The minimum atomic E-state index is -2.38. The van der Waals surface area contributed by atoms with Crippen molar-refractivity contribution in [2.45, 2.75) is 121 Å². The van der Waals surface area contributed by atoms with E-state index in [9.17, 15) is 9.90 Å². The number of hydrogen-bond donors (Lipinski definition) is 2. The lowest BCUT2D eigenvalue weighted by Gasteiger charge is -2.46. The molecule has 0 aromatic heterocycles. The van der Waals surface area contributed by atoms with E-state index >= 15 is 0 Å². The number of carbonyl (C=O) groups excluding carboxylic acids is 1. The van der Waals surface area contributed by atoms with Crippen molar-refractivity contribution in [2.75, 3.05) is 6.61 Å². The van der Waals surface area contributed by atoms with Crippen LogP contribution in [0.2, 0.25) is 36.3 Å². The summed E-state index contributed by atoms with van der Waals surface area (Å²) in [7, 11) is -4.48. The van der Waals surface area contributed by atoms with Gasteiger partial charge >= 0.3 is 0 Å². The molecule has 0 bridgehead atoms. The Morgan fingerprint density at radius 1 is 0.900 bits per heavy atom. The van der Waals surface area contributed by atoms with Gasteiger partial charge in [0.25, 0.3) is 5.91 Å². The molecule has 0 heterocycles. The van der Waals surface area contributed by atoms with E-state index < -0.39 is 22.2 Å². The Labute approximate surface area is 245 Å². The smallest absolute Gasteiger partial charge is 0.252 e. The van der Waals surface area contributed by atoms with Gasteiger partial charge in [-0.3, -0.25) is 4.79 Å². The molecule has 3 atom stereocenters. The Hall–Kier alpha value is -1.78. The van der Waals surface area contributed by atoms with Gasteiger partial charge in [-0.25, -0.2) is 0 Å². The van der Waals surface area contributed by atoms with Crippen molar-refractivity contribution < 1.29 is 18.8 Å². The maximum Gasteiger partial charge on any atom is 0.252 e. The lowest BCUT2D eigenvalue weighted by Crippen LogP contribution is -2.59. The molecule has 0 unspecified atom stereocenters. The number of rotatable bonds is 11. The fraction of sp³-hybridized carbons (Fsp3) is 0.606. The predicted molar refractivity (Wildman–Crippen MR) is 171 cm³/mol. The molecule has 5 nitrogen and oxygen atoms in total. The Kier molecular flexibility index (Phi) is 10.00. The predicted octanol–water partition coefficient (Wildman–Crippen LogP) is 7.57. The number of amides is 1. The summed E-state index contributed by atoms with van der Waals surface area (Å²) in [5.74, 6) is -0.111. The molecule has 1 amide bonds. The SMILES string of the molecule is CC(C)(C)[Si](C)(C)O[C@H]1Cc2ccccc2[C@@H]1NC(=O)[C@@](CCCO)(Cc1ccccc1)O[Si](C)(C)C(C)(C)C. The minimum Gasteiger partial charge on any atom is -0.411 e. The topological polar surface area (TPSA) is 67.8 Å². The Balaban J connectivity index is 2.06. The van der Waals surface area contributed by atoms with Crippen LogP contribution in [0.3, 0.4) is 0 Å². The molecular formula is C33H53NO4Si2. The first-order chi connectivity index (χ1) is 18.4. The molecule has 7 heteroatoms. The van der Waals surface area contributed by atoms with Gasteiger partial charge in [0.15, 0.2) is 16.6 Å². The third kappa shape index (κ3) is 7.34. The number of aliphatic hydroxyl groups excluding tert-OH is 1. The van der Waals surface area contributed by atoms with Crippen molar-refractivity contribution in [3.63, 3.8) is 0 Å². The van der Waals surface area contributed by atoms with Crippen LogP contribution in [-0.2, 0) is 26.5 Å². The zero-order chi connectivity index (χ0) is 30.0. The van der Waals surface area contributed by atoms with Crippen LogP contribution in [0, 0.1) is 0 Å². The average molecular weight is 584 g/mol. The van der Waals surface area contributed by atoms with Crippen molar-refractivity contribution in [1.82, 2.24) is 5.32 Å². The number of nitrogens with one attached hydrogen (secondary N) is 1. The van der Waals surface area contributed by atoms with Crippen LogP contribution in [0.15, 0.2) is 54.6 Å². The maximum atomic E-state index is 14.7. The van der Waals surface area contributed by atoms with E-state index in [1.165, 1.54) is 5.56 Å².